The van der Waals surface area contributed by atoms with Crippen LogP contribution in [0.25, 0.3) is 0 Å². The number of halogens is 1. The Morgan fingerprint density at radius 1 is 0.971 bits per heavy atom. The second kappa shape index (κ2) is 10.6. The van der Waals surface area contributed by atoms with Gasteiger partial charge in [0.15, 0.2) is 0 Å². The number of amides is 1. The number of anilines is 1. The van der Waals surface area contributed by atoms with E-state index >= 15 is 0 Å². The van der Waals surface area contributed by atoms with Crippen LogP contribution in [0.2, 0.25) is 0 Å². The molecular weight excluding hydrogens is 463 g/mol. The summed E-state index contributed by atoms with van der Waals surface area (Å²) in [4.78, 5) is 13.2. The molecule has 0 saturated heterocycles. The number of fused-ring (bicyclic) bond motifs is 1. The molecule has 1 amide bonds. The average molecular weight is 495 g/mol. The zero-order chi connectivity index (χ0) is 25.0. The molecule has 3 aromatic rings. The first-order chi connectivity index (χ1) is 16.8. The van der Waals surface area contributed by atoms with Gasteiger partial charge in [0.25, 0.3) is 10.0 Å². The van der Waals surface area contributed by atoms with E-state index in [1.54, 1.807) is 12.1 Å². The zero-order valence-electron chi connectivity index (χ0n) is 20.1. The third-order valence-electron chi connectivity index (χ3n) is 6.53. The number of nitrogens with zero attached hydrogens (tertiary/aromatic N) is 1. The summed E-state index contributed by atoms with van der Waals surface area (Å²) in [6.45, 7) is 3.45. The van der Waals surface area contributed by atoms with Crippen LogP contribution in [0.4, 0.5) is 10.1 Å². The van der Waals surface area contributed by atoms with Gasteiger partial charge in [0, 0.05) is 0 Å². The number of benzene rings is 3. The summed E-state index contributed by atoms with van der Waals surface area (Å²) in [6.07, 6.45) is 5.17. The summed E-state index contributed by atoms with van der Waals surface area (Å²) in [5, 5.41) is 3.01. The van der Waals surface area contributed by atoms with Crippen LogP contribution >= 0.6 is 0 Å². The van der Waals surface area contributed by atoms with Crippen molar-refractivity contribution in [2.75, 3.05) is 10.8 Å². The van der Waals surface area contributed by atoms with E-state index in [-0.39, 0.29) is 16.6 Å². The second-order valence-electron chi connectivity index (χ2n) is 9.06. The Bertz CT molecular complexity index is 1290. The highest BCUT2D eigenvalue weighted by Gasteiger charge is 2.28. The maximum atomic E-state index is 13.6. The summed E-state index contributed by atoms with van der Waals surface area (Å²) in [5.74, 6) is -0.904. The minimum Gasteiger partial charge on any atom is -0.348 e. The second-order valence-corrected chi connectivity index (χ2v) is 10.9. The minimum atomic E-state index is -4.05. The largest absolute Gasteiger partial charge is 0.348 e. The number of nitrogens with one attached hydrogen (secondary N) is 1. The molecule has 3 aromatic carbocycles. The molecule has 1 atom stereocenters. The summed E-state index contributed by atoms with van der Waals surface area (Å²) in [7, 11) is -4.05. The Labute approximate surface area is 207 Å². The molecule has 0 fully saturated rings. The first-order valence-corrected chi connectivity index (χ1v) is 13.5. The quantitative estimate of drug-likeness (QED) is 0.451. The van der Waals surface area contributed by atoms with E-state index in [4.69, 9.17) is 0 Å². The van der Waals surface area contributed by atoms with Gasteiger partial charge in [-0.15, -0.1) is 0 Å². The van der Waals surface area contributed by atoms with Crippen molar-refractivity contribution in [3.05, 3.63) is 94.8 Å². The fraction of sp³-hybridized carbons (Fsp3) is 0.321. The Morgan fingerprint density at radius 3 is 2.29 bits per heavy atom. The van der Waals surface area contributed by atoms with Gasteiger partial charge in [-0.3, -0.25) is 9.10 Å². The van der Waals surface area contributed by atoms with Gasteiger partial charge in [-0.2, -0.15) is 0 Å². The van der Waals surface area contributed by atoms with Gasteiger partial charge >= 0.3 is 0 Å². The molecule has 0 aromatic heterocycles. The summed E-state index contributed by atoms with van der Waals surface area (Å²) < 4.78 is 41.6. The van der Waals surface area contributed by atoms with Crippen molar-refractivity contribution in [3.63, 3.8) is 0 Å². The molecule has 35 heavy (non-hydrogen) atoms. The molecule has 4 rings (SSSR count). The molecule has 0 radical (unpaired) electrons. The highest BCUT2D eigenvalue weighted by atomic mass is 32.2. The van der Waals surface area contributed by atoms with E-state index in [1.165, 1.54) is 60.4 Å². The lowest BCUT2D eigenvalue weighted by Crippen LogP contribution is -2.42. The highest BCUT2D eigenvalue weighted by Crippen LogP contribution is 2.27. The molecule has 0 bridgehead atoms. The van der Waals surface area contributed by atoms with Crippen LogP contribution in [0.15, 0.2) is 71.6 Å². The van der Waals surface area contributed by atoms with Gasteiger partial charge in [-0.25, -0.2) is 12.8 Å². The van der Waals surface area contributed by atoms with Gasteiger partial charge < -0.3 is 5.32 Å². The van der Waals surface area contributed by atoms with E-state index in [0.717, 1.165) is 28.3 Å². The van der Waals surface area contributed by atoms with Crippen molar-refractivity contribution < 1.29 is 17.6 Å². The Morgan fingerprint density at radius 2 is 1.63 bits per heavy atom. The predicted molar refractivity (Wildman–Crippen MR) is 136 cm³/mol. The Kier molecular flexibility index (Phi) is 7.55. The molecule has 5 nitrogen and oxygen atoms in total. The van der Waals surface area contributed by atoms with Gasteiger partial charge in [-0.1, -0.05) is 42.8 Å². The van der Waals surface area contributed by atoms with Gasteiger partial charge in [0.1, 0.15) is 12.4 Å². The van der Waals surface area contributed by atoms with Crippen molar-refractivity contribution >= 4 is 21.6 Å². The minimum absolute atomic E-state index is 0.0713. The number of carbonyl (C=O) groups excluding carboxylic acids is 1. The molecule has 1 aliphatic rings. The lowest BCUT2D eigenvalue weighted by atomic mass is 9.89. The van der Waals surface area contributed by atoms with E-state index in [1.807, 2.05) is 13.8 Å². The molecule has 1 N–H and O–H groups in total. The van der Waals surface area contributed by atoms with Crippen molar-refractivity contribution in [3.8, 4) is 0 Å². The highest BCUT2D eigenvalue weighted by molar-refractivity contribution is 7.92. The van der Waals surface area contributed by atoms with Gasteiger partial charge in [-0.05, 0) is 92.1 Å². The van der Waals surface area contributed by atoms with Gasteiger partial charge in [0.05, 0.1) is 16.6 Å². The maximum Gasteiger partial charge on any atom is 0.264 e. The normalized spacial score (nSPS) is 14.1. The lowest BCUT2D eigenvalue weighted by Gasteiger charge is -2.26. The summed E-state index contributed by atoms with van der Waals surface area (Å²) in [5.41, 5.74) is 4.87. The first kappa shape index (κ1) is 24.9. The fourth-order valence-electron chi connectivity index (χ4n) is 4.52. The van der Waals surface area contributed by atoms with Crippen LogP contribution in [-0.2, 0) is 27.7 Å². The number of hydrogen-bond donors (Lipinski definition) is 1. The Balaban J connectivity index is 1.59. The Hall–Kier alpha value is -3.19. The van der Waals surface area contributed by atoms with Crippen LogP contribution in [0, 0.1) is 12.7 Å². The summed E-state index contributed by atoms with van der Waals surface area (Å²) >= 11 is 0. The molecule has 0 saturated carbocycles. The molecule has 0 aliphatic heterocycles. The van der Waals surface area contributed by atoms with Crippen molar-refractivity contribution in [1.82, 2.24) is 5.32 Å². The van der Waals surface area contributed by atoms with E-state index in [0.29, 0.717) is 6.42 Å². The molecule has 1 aliphatic carbocycles. The molecule has 7 heteroatoms. The van der Waals surface area contributed by atoms with Crippen molar-refractivity contribution in [1.29, 1.82) is 0 Å². The maximum absolute atomic E-state index is 13.6. The van der Waals surface area contributed by atoms with Gasteiger partial charge in [0.2, 0.25) is 5.91 Å². The van der Waals surface area contributed by atoms with E-state index in [9.17, 15) is 17.6 Å². The topological polar surface area (TPSA) is 66.5 Å². The van der Waals surface area contributed by atoms with Crippen LogP contribution in [-0.4, -0.2) is 20.9 Å². The zero-order valence-corrected chi connectivity index (χ0v) is 20.9. The number of aryl methyl sites for hydroxylation is 3. The first-order valence-electron chi connectivity index (χ1n) is 12.0. The molecule has 184 valence electrons. The number of sulfonamides is 1. The molecule has 0 heterocycles. The number of hydrogen-bond acceptors (Lipinski definition) is 3. The van der Waals surface area contributed by atoms with Crippen LogP contribution < -0.4 is 9.62 Å². The fourth-order valence-corrected chi connectivity index (χ4v) is 5.94. The van der Waals surface area contributed by atoms with Crippen LogP contribution in [0.3, 0.4) is 0 Å². The third-order valence-corrected chi connectivity index (χ3v) is 8.32. The monoisotopic (exact) mass is 494 g/mol. The third kappa shape index (κ3) is 5.73. The lowest BCUT2D eigenvalue weighted by molar-refractivity contribution is -0.120. The average Bonchev–Trinajstić information content (AvgIpc) is 2.86. The summed E-state index contributed by atoms with van der Waals surface area (Å²) in [6, 6.07) is 17.7. The smallest absolute Gasteiger partial charge is 0.264 e. The van der Waals surface area contributed by atoms with Crippen LogP contribution in [0.5, 0.6) is 0 Å². The van der Waals surface area contributed by atoms with E-state index in [2.05, 4.69) is 23.5 Å². The van der Waals surface area contributed by atoms with Crippen LogP contribution in [0.1, 0.15) is 54.5 Å². The molecular formula is C28H31FN2O3S. The standard InChI is InChI=1S/C28H31FN2O3S/c1-3-27(23-11-10-21-6-4-5-7-22(21)18-23)30-28(32)19-31(25-14-12-24(29)13-15-25)35(33,34)26-16-8-20(2)9-17-26/h8-18,27H,3-7,19H2,1-2H3,(H,30,32)/t27-/m1/s1. The van der Waals surface area contributed by atoms with Crippen molar-refractivity contribution in [2.24, 2.45) is 0 Å². The van der Waals surface area contributed by atoms with E-state index < -0.39 is 28.3 Å². The number of carbonyl (C=O) groups is 1. The SMILES string of the molecule is CC[C@@H](NC(=O)CN(c1ccc(F)cc1)S(=O)(=O)c1ccc(C)cc1)c1ccc2c(c1)CCCC2. The van der Waals surface area contributed by atoms with Crippen molar-refractivity contribution in [2.45, 2.75) is 56.9 Å². The molecule has 0 spiro atoms. The number of rotatable bonds is 8. The predicted octanol–water partition coefficient (Wildman–Crippen LogP) is 5.48. The molecule has 0 unspecified atom stereocenters.